The van der Waals surface area contributed by atoms with Gasteiger partial charge in [0.25, 0.3) is 0 Å². The first-order chi connectivity index (χ1) is 7.88. The lowest BCUT2D eigenvalue weighted by molar-refractivity contribution is 0.384. The lowest BCUT2D eigenvalue weighted by atomic mass is 10.1. The molecule has 0 aromatic carbocycles. The molecule has 0 radical (unpaired) electrons. The molecule has 1 heteroatoms. The Kier molecular flexibility index (Phi) is 7.24. The second-order valence-corrected chi connectivity index (χ2v) is 4.56. The number of hydrogen-bond donors (Lipinski definition) is 0. The van der Waals surface area contributed by atoms with E-state index in [0.717, 1.165) is 6.42 Å². The normalized spacial score (nSPS) is 24.6. The SMILES string of the molecule is CCCCCCC/C=C\C=C\[C@@H]1O[C@H]1CC. The zero-order chi connectivity index (χ0) is 11.6. The molecule has 0 aliphatic carbocycles. The van der Waals surface area contributed by atoms with Crippen LogP contribution in [0.3, 0.4) is 0 Å². The van der Waals surface area contributed by atoms with Gasteiger partial charge in [-0.05, 0) is 19.3 Å². The van der Waals surface area contributed by atoms with Gasteiger partial charge in [-0.1, -0.05) is 63.8 Å². The fraction of sp³-hybridized carbons (Fsp3) is 0.733. The fourth-order valence-electron chi connectivity index (χ4n) is 1.87. The Morgan fingerprint density at radius 3 is 2.50 bits per heavy atom. The van der Waals surface area contributed by atoms with Crippen LogP contribution in [0, 0.1) is 0 Å². The maximum Gasteiger partial charge on any atom is 0.103 e. The van der Waals surface area contributed by atoms with Crippen molar-refractivity contribution in [2.45, 2.75) is 71.0 Å². The van der Waals surface area contributed by atoms with Gasteiger partial charge < -0.3 is 4.74 Å². The predicted octanol–water partition coefficient (Wildman–Crippen LogP) is 4.64. The third-order valence-electron chi connectivity index (χ3n) is 3.05. The quantitative estimate of drug-likeness (QED) is 0.314. The second kappa shape index (κ2) is 8.58. The van der Waals surface area contributed by atoms with E-state index in [1.54, 1.807) is 0 Å². The Morgan fingerprint density at radius 1 is 1.00 bits per heavy atom. The van der Waals surface area contributed by atoms with E-state index in [-0.39, 0.29) is 0 Å². The molecule has 1 rings (SSSR count). The van der Waals surface area contributed by atoms with Gasteiger partial charge in [0.15, 0.2) is 0 Å². The summed E-state index contributed by atoms with van der Waals surface area (Å²) in [5.74, 6) is 0. The lowest BCUT2D eigenvalue weighted by Gasteiger charge is -1.95. The van der Waals surface area contributed by atoms with Crippen molar-refractivity contribution in [1.29, 1.82) is 0 Å². The van der Waals surface area contributed by atoms with Gasteiger partial charge in [-0.15, -0.1) is 0 Å². The van der Waals surface area contributed by atoms with E-state index in [2.05, 4.69) is 38.2 Å². The van der Waals surface area contributed by atoms with Crippen LogP contribution in [-0.4, -0.2) is 12.2 Å². The highest BCUT2D eigenvalue weighted by molar-refractivity contribution is 5.10. The summed E-state index contributed by atoms with van der Waals surface area (Å²) < 4.78 is 5.42. The van der Waals surface area contributed by atoms with Crippen LogP contribution in [0.1, 0.15) is 58.8 Å². The maximum absolute atomic E-state index is 5.42. The molecule has 1 fully saturated rings. The topological polar surface area (TPSA) is 12.5 Å². The van der Waals surface area contributed by atoms with Crippen molar-refractivity contribution < 1.29 is 4.74 Å². The minimum Gasteiger partial charge on any atom is -0.365 e. The molecule has 1 aliphatic rings. The van der Waals surface area contributed by atoms with Gasteiger partial charge in [0.1, 0.15) is 6.10 Å². The molecule has 1 heterocycles. The molecule has 1 aliphatic heterocycles. The number of rotatable bonds is 9. The van der Waals surface area contributed by atoms with Gasteiger partial charge in [0, 0.05) is 0 Å². The van der Waals surface area contributed by atoms with Crippen molar-refractivity contribution in [2.75, 3.05) is 0 Å². The van der Waals surface area contributed by atoms with Gasteiger partial charge in [-0.2, -0.15) is 0 Å². The first-order valence-corrected chi connectivity index (χ1v) is 6.87. The molecule has 92 valence electrons. The van der Waals surface area contributed by atoms with E-state index >= 15 is 0 Å². The number of unbranched alkanes of at least 4 members (excludes halogenated alkanes) is 5. The molecular weight excluding hydrogens is 196 g/mol. The van der Waals surface area contributed by atoms with E-state index in [1.165, 1.54) is 38.5 Å². The Labute approximate surface area is 101 Å². The van der Waals surface area contributed by atoms with Gasteiger partial charge in [0.05, 0.1) is 6.10 Å². The molecule has 1 saturated heterocycles. The Balaban J connectivity index is 1.89. The lowest BCUT2D eigenvalue weighted by Crippen LogP contribution is -1.85. The number of epoxide rings is 1. The average Bonchev–Trinajstić information content (AvgIpc) is 3.05. The summed E-state index contributed by atoms with van der Waals surface area (Å²) in [6.45, 7) is 4.43. The summed E-state index contributed by atoms with van der Waals surface area (Å²) in [5, 5.41) is 0. The minimum absolute atomic E-state index is 0.402. The van der Waals surface area contributed by atoms with Crippen molar-refractivity contribution in [3.63, 3.8) is 0 Å². The van der Waals surface area contributed by atoms with Crippen molar-refractivity contribution in [3.05, 3.63) is 24.3 Å². The van der Waals surface area contributed by atoms with E-state index in [4.69, 9.17) is 4.74 Å². The Hall–Kier alpha value is -0.560. The Bertz CT molecular complexity index is 217. The first-order valence-electron chi connectivity index (χ1n) is 6.87. The molecule has 0 amide bonds. The summed E-state index contributed by atoms with van der Waals surface area (Å²) in [5.41, 5.74) is 0. The molecule has 2 atom stereocenters. The molecule has 16 heavy (non-hydrogen) atoms. The van der Waals surface area contributed by atoms with Crippen LogP contribution in [0.2, 0.25) is 0 Å². The Morgan fingerprint density at radius 2 is 1.81 bits per heavy atom. The van der Waals surface area contributed by atoms with Crippen LogP contribution in [0.25, 0.3) is 0 Å². The van der Waals surface area contributed by atoms with E-state index < -0.39 is 0 Å². The van der Waals surface area contributed by atoms with Crippen molar-refractivity contribution in [2.24, 2.45) is 0 Å². The summed E-state index contributed by atoms with van der Waals surface area (Å²) >= 11 is 0. The number of allylic oxidation sites excluding steroid dienone is 3. The van der Waals surface area contributed by atoms with Crippen LogP contribution < -0.4 is 0 Å². The maximum atomic E-state index is 5.42. The van der Waals surface area contributed by atoms with E-state index in [0.29, 0.717) is 12.2 Å². The van der Waals surface area contributed by atoms with Crippen LogP contribution in [0.5, 0.6) is 0 Å². The standard InChI is InChI=1S/C15H26O/c1-3-5-6-7-8-9-10-11-12-13-15-14(4-2)16-15/h10-15H,3-9H2,1-2H3/b11-10-,13-12+/t14-,15-/m0/s1. The highest BCUT2D eigenvalue weighted by atomic mass is 16.6. The van der Waals surface area contributed by atoms with Gasteiger partial charge >= 0.3 is 0 Å². The molecule has 0 N–H and O–H groups in total. The second-order valence-electron chi connectivity index (χ2n) is 4.56. The van der Waals surface area contributed by atoms with Gasteiger partial charge in [-0.3, -0.25) is 0 Å². The first kappa shape index (κ1) is 13.5. The third kappa shape index (κ3) is 6.12. The highest BCUT2D eigenvalue weighted by Gasteiger charge is 2.33. The highest BCUT2D eigenvalue weighted by Crippen LogP contribution is 2.25. The van der Waals surface area contributed by atoms with Gasteiger partial charge in [0.2, 0.25) is 0 Å². The molecule has 0 bridgehead atoms. The molecular formula is C15H26O. The number of hydrogen-bond acceptors (Lipinski definition) is 1. The molecule has 0 aromatic rings. The minimum atomic E-state index is 0.402. The van der Waals surface area contributed by atoms with Crippen molar-refractivity contribution in [3.8, 4) is 0 Å². The monoisotopic (exact) mass is 222 g/mol. The largest absolute Gasteiger partial charge is 0.365 e. The average molecular weight is 222 g/mol. The number of ether oxygens (including phenoxy) is 1. The molecule has 0 unspecified atom stereocenters. The molecule has 0 spiro atoms. The van der Waals surface area contributed by atoms with Crippen LogP contribution in [0.15, 0.2) is 24.3 Å². The molecule has 0 saturated carbocycles. The van der Waals surface area contributed by atoms with E-state index in [9.17, 15) is 0 Å². The zero-order valence-corrected chi connectivity index (χ0v) is 10.8. The smallest absolute Gasteiger partial charge is 0.103 e. The van der Waals surface area contributed by atoms with Crippen LogP contribution in [-0.2, 0) is 4.74 Å². The van der Waals surface area contributed by atoms with Crippen molar-refractivity contribution >= 4 is 0 Å². The molecule has 1 nitrogen and oxygen atoms in total. The fourth-order valence-corrected chi connectivity index (χ4v) is 1.87. The summed E-state index contributed by atoms with van der Waals surface area (Å²) in [4.78, 5) is 0. The predicted molar refractivity (Wildman–Crippen MR) is 70.6 cm³/mol. The zero-order valence-electron chi connectivity index (χ0n) is 10.8. The third-order valence-corrected chi connectivity index (χ3v) is 3.05. The van der Waals surface area contributed by atoms with E-state index in [1.807, 2.05) is 0 Å². The van der Waals surface area contributed by atoms with Crippen molar-refractivity contribution in [1.82, 2.24) is 0 Å². The summed E-state index contributed by atoms with van der Waals surface area (Å²) in [7, 11) is 0. The summed E-state index contributed by atoms with van der Waals surface area (Å²) in [6, 6.07) is 0. The molecule has 0 aromatic heterocycles. The van der Waals surface area contributed by atoms with Crippen LogP contribution in [0.4, 0.5) is 0 Å². The summed E-state index contributed by atoms with van der Waals surface area (Å²) in [6.07, 6.45) is 18.8. The van der Waals surface area contributed by atoms with Crippen LogP contribution >= 0.6 is 0 Å². The van der Waals surface area contributed by atoms with Gasteiger partial charge in [-0.25, -0.2) is 0 Å².